The van der Waals surface area contributed by atoms with Crippen molar-refractivity contribution in [2.24, 2.45) is 0 Å². The molecule has 0 aliphatic carbocycles. The van der Waals surface area contributed by atoms with Gasteiger partial charge in [-0.05, 0) is 43.5 Å². The zero-order chi connectivity index (χ0) is 15.2. The SMILES string of the molecule is Cc1ccc(NC(=O)CS(=O)(=O)CCCC#N)cc1C. The number of hydrogen-bond donors (Lipinski definition) is 1. The fraction of sp³-hybridized carbons (Fsp3) is 0.429. The number of carbonyl (C=O) groups excluding carboxylic acids is 1. The predicted molar refractivity (Wildman–Crippen MR) is 78.0 cm³/mol. The second kappa shape index (κ2) is 7.06. The fourth-order valence-corrected chi connectivity index (χ4v) is 2.86. The Kier molecular flexibility index (Phi) is 5.71. The molecule has 0 bridgehead atoms. The highest BCUT2D eigenvalue weighted by Crippen LogP contribution is 2.14. The highest BCUT2D eigenvalue weighted by molar-refractivity contribution is 7.92. The van der Waals surface area contributed by atoms with Gasteiger partial charge < -0.3 is 5.32 Å². The largest absolute Gasteiger partial charge is 0.325 e. The first-order valence-corrected chi connectivity index (χ1v) is 8.10. The van der Waals surface area contributed by atoms with Crippen LogP contribution in [0.5, 0.6) is 0 Å². The molecule has 1 rings (SSSR count). The van der Waals surface area contributed by atoms with Gasteiger partial charge in [-0.15, -0.1) is 0 Å². The van der Waals surface area contributed by atoms with Gasteiger partial charge in [-0.1, -0.05) is 6.07 Å². The monoisotopic (exact) mass is 294 g/mol. The van der Waals surface area contributed by atoms with Crippen molar-refractivity contribution in [3.05, 3.63) is 29.3 Å². The van der Waals surface area contributed by atoms with E-state index in [1.165, 1.54) is 0 Å². The molecule has 0 fully saturated rings. The van der Waals surface area contributed by atoms with Crippen molar-refractivity contribution < 1.29 is 13.2 Å². The summed E-state index contributed by atoms with van der Waals surface area (Å²) in [5, 5.41) is 10.9. The molecule has 0 aliphatic rings. The number of hydrogen-bond acceptors (Lipinski definition) is 4. The fourth-order valence-electron chi connectivity index (χ4n) is 1.66. The second-order valence-corrected chi connectivity index (χ2v) is 6.88. The number of sulfone groups is 1. The average Bonchev–Trinajstić information content (AvgIpc) is 2.33. The summed E-state index contributed by atoms with van der Waals surface area (Å²) in [5.41, 5.74) is 2.72. The van der Waals surface area contributed by atoms with E-state index in [4.69, 9.17) is 5.26 Å². The molecule has 1 N–H and O–H groups in total. The number of carbonyl (C=O) groups is 1. The molecule has 0 aliphatic heterocycles. The van der Waals surface area contributed by atoms with Crippen LogP contribution in [-0.4, -0.2) is 25.8 Å². The summed E-state index contributed by atoms with van der Waals surface area (Å²) in [6.07, 6.45) is 0.438. The van der Waals surface area contributed by atoms with Crippen LogP contribution in [0.4, 0.5) is 5.69 Å². The van der Waals surface area contributed by atoms with Gasteiger partial charge in [0, 0.05) is 12.1 Å². The number of unbranched alkanes of at least 4 members (excludes halogenated alkanes) is 1. The van der Waals surface area contributed by atoms with E-state index in [-0.39, 0.29) is 18.6 Å². The number of benzene rings is 1. The minimum atomic E-state index is -3.45. The first kappa shape index (κ1) is 16.2. The summed E-state index contributed by atoms with van der Waals surface area (Å²) in [6.45, 7) is 3.88. The second-order valence-electron chi connectivity index (χ2n) is 4.70. The van der Waals surface area contributed by atoms with Crippen LogP contribution in [0.3, 0.4) is 0 Å². The number of rotatable bonds is 6. The molecule has 1 aromatic rings. The van der Waals surface area contributed by atoms with Crippen LogP contribution < -0.4 is 5.32 Å². The first-order valence-electron chi connectivity index (χ1n) is 6.28. The molecule has 1 aromatic carbocycles. The number of aryl methyl sites for hydroxylation is 2. The van der Waals surface area contributed by atoms with Crippen LogP contribution in [0.2, 0.25) is 0 Å². The van der Waals surface area contributed by atoms with Crippen LogP contribution >= 0.6 is 0 Å². The lowest BCUT2D eigenvalue weighted by atomic mass is 10.1. The molecule has 1 amide bonds. The van der Waals surface area contributed by atoms with Gasteiger partial charge in [-0.2, -0.15) is 5.26 Å². The van der Waals surface area contributed by atoms with Gasteiger partial charge in [0.05, 0.1) is 11.8 Å². The molecular formula is C14H18N2O3S. The summed E-state index contributed by atoms with van der Waals surface area (Å²) in [4.78, 5) is 11.7. The van der Waals surface area contributed by atoms with Crippen LogP contribution in [-0.2, 0) is 14.6 Å². The van der Waals surface area contributed by atoms with Crippen molar-refractivity contribution in [3.63, 3.8) is 0 Å². The summed E-state index contributed by atoms with van der Waals surface area (Å²) in [5.74, 6) is -1.24. The minimum absolute atomic E-state index is 0.138. The van der Waals surface area contributed by atoms with E-state index in [2.05, 4.69) is 5.32 Å². The molecule has 0 spiro atoms. The molecule has 0 atom stereocenters. The number of amides is 1. The molecule has 0 heterocycles. The maximum atomic E-state index is 11.7. The smallest absolute Gasteiger partial charge is 0.239 e. The van der Waals surface area contributed by atoms with Crippen molar-refractivity contribution in [3.8, 4) is 6.07 Å². The molecule has 5 nitrogen and oxygen atoms in total. The van der Waals surface area contributed by atoms with Gasteiger partial charge >= 0.3 is 0 Å². The Balaban J connectivity index is 2.59. The molecule has 0 radical (unpaired) electrons. The topological polar surface area (TPSA) is 87.0 Å². The zero-order valence-electron chi connectivity index (χ0n) is 11.6. The maximum absolute atomic E-state index is 11.7. The standard InChI is InChI=1S/C14H18N2O3S/c1-11-5-6-13(9-12(11)2)16-14(17)10-20(18,19)8-4-3-7-15/h5-6,9H,3-4,8,10H2,1-2H3,(H,16,17). The molecule has 0 saturated heterocycles. The Labute approximate surface area is 119 Å². The predicted octanol–water partition coefficient (Wildman–Crippen LogP) is 1.96. The summed E-state index contributed by atoms with van der Waals surface area (Å²) >= 11 is 0. The summed E-state index contributed by atoms with van der Waals surface area (Å²) in [7, 11) is -3.45. The summed E-state index contributed by atoms with van der Waals surface area (Å²) < 4.78 is 23.3. The Morgan fingerprint density at radius 3 is 2.60 bits per heavy atom. The van der Waals surface area contributed by atoms with E-state index in [0.717, 1.165) is 11.1 Å². The van der Waals surface area contributed by atoms with Gasteiger partial charge in [-0.3, -0.25) is 4.79 Å². The van der Waals surface area contributed by atoms with Gasteiger partial charge in [-0.25, -0.2) is 8.42 Å². The third-order valence-corrected chi connectivity index (χ3v) is 4.50. The van der Waals surface area contributed by atoms with Crippen LogP contribution in [0.1, 0.15) is 24.0 Å². The van der Waals surface area contributed by atoms with E-state index < -0.39 is 21.5 Å². The molecule has 6 heteroatoms. The van der Waals surface area contributed by atoms with E-state index >= 15 is 0 Å². The van der Waals surface area contributed by atoms with Gasteiger partial charge in [0.2, 0.25) is 5.91 Å². The van der Waals surface area contributed by atoms with E-state index in [0.29, 0.717) is 5.69 Å². The van der Waals surface area contributed by atoms with E-state index in [1.807, 2.05) is 26.0 Å². The number of anilines is 1. The quantitative estimate of drug-likeness (QED) is 0.812. The lowest BCUT2D eigenvalue weighted by Crippen LogP contribution is -2.24. The van der Waals surface area contributed by atoms with E-state index in [9.17, 15) is 13.2 Å². The van der Waals surface area contributed by atoms with Crippen molar-refractivity contribution in [2.45, 2.75) is 26.7 Å². The Morgan fingerprint density at radius 1 is 1.30 bits per heavy atom. The van der Waals surface area contributed by atoms with Gasteiger partial charge in [0.25, 0.3) is 0 Å². The van der Waals surface area contributed by atoms with E-state index in [1.54, 1.807) is 12.1 Å². The molecule has 108 valence electrons. The minimum Gasteiger partial charge on any atom is -0.325 e. The molecule has 0 unspecified atom stereocenters. The first-order chi connectivity index (χ1) is 9.34. The Morgan fingerprint density at radius 2 is 2.00 bits per heavy atom. The van der Waals surface area contributed by atoms with Crippen molar-refractivity contribution >= 4 is 21.4 Å². The molecule has 0 saturated carbocycles. The van der Waals surface area contributed by atoms with Gasteiger partial charge in [0.1, 0.15) is 5.75 Å². The molecule has 0 aromatic heterocycles. The number of nitrogens with zero attached hydrogens (tertiary/aromatic N) is 1. The van der Waals surface area contributed by atoms with Crippen LogP contribution in [0, 0.1) is 25.2 Å². The third-order valence-electron chi connectivity index (χ3n) is 2.89. The normalized spacial score (nSPS) is 10.8. The number of nitriles is 1. The molecule has 20 heavy (non-hydrogen) atoms. The molecular weight excluding hydrogens is 276 g/mol. The number of nitrogens with one attached hydrogen (secondary N) is 1. The highest BCUT2D eigenvalue weighted by Gasteiger charge is 2.16. The Bertz CT molecular complexity index is 630. The van der Waals surface area contributed by atoms with Crippen LogP contribution in [0.25, 0.3) is 0 Å². The zero-order valence-corrected chi connectivity index (χ0v) is 12.5. The highest BCUT2D eigenvalue weighted by atomic mass is 32.2. The van der Waals surface area contributed by atoms with Gasteiger partial charge in [0.15, 0.2) is 9.84 Å². The summed E-state index contributed by atoms with van der Waals surface area (Å²) in [6, 6.07) is 7.29. The van der Waals surface area contributed by atoms with Crippen molar-refractivity contribution in [2.75, 3.05) is 16.8 Å². The van der Waals surface area contributed by atoms with Crippen molar-refractivity contribution in [1.82, 2.24) is 0 Å². The lowest BCUT2D eigenvalue weighted by molar-refractivity contribution is -0.113. The van der Waals surface area contributed by atoms with Crippen LogP contribution in [0.15, 0.2) is 18.2 Å². The van der Waals surface area contributed by atoms with Crippen molar-refractivity contribution in [1.29, 1.82) is 5.26 Å². The average molecular weight is 294 g/mol. The third kappa shape index (κ3) is 5.41. The maximum Gasteiger partial charge on any atom is 0.239 e. The Hall–Kier alpha value is -1.87. The lowest BCUT2D eigenvalue weighted by Gasteiger charge is -2.08.